The first kappa shape index (κ1) is 15.4. The van der Waals surface area contributed by atoms with Gasteiger partial charge in [0, 0.05) is 10.9 Å². The normalized spacial score (nSPS) is 10.9. The van der Waals surface area contributed by atoms with Crippen LogP contribution in [0.25, 0.3) is 0 Å². The number of aromatic nitrogens is 1. The summed E-state index contributed by atoms with van der Waals surface area (Å²) >= 11 is 1.25. The lowest BCUT2D eigenvalue weighted by atomic mass is 10.1. The third-order valence-electron chi connectivity index (χ3n) is 1.84. The minimum absolute atomic E-state index is 0.0337. The highest BCUT2D eigenvalue weighted by atomic mass is 32.1. The van der Waals surface area contributed by atoms with Crippen LogP contribution in [-0.4, -0.2) is 29.2 Å². The lowest BCUT2D eigenvalue weighted by Gasteiger charge is -2.19. The minimum Gasteiger partial charge on any atom is -0.461 e. The van der Waals surface area contributed by atoms with Crippen LogP contribution in [0, 0.1) is 0 Å². The quantitative estimate of drug-likeness (QED) is 0.860. The van der Waals surface area contributed by atoms with E-state index in [1.807, 2.05) is 20.8 Å². The van der Waals surface area contributed by atoms with Crippen molar-refractivity contribution < 1.29 is 19.1 Å². The van der Waals surface area contributed by atoms with E-state index < -0.39 is 12.1 Å². The van der Waals surface area contributed by atoms with E-state index in [2.05, 4.69) is 10.3 Å². The van der Waals surface area contributed by atoms with Gasteiger partial charge in [0.25, 0.3) is 0 Å². The SMILES string of the molecule is CCOC(=O)c1csc(COC(=O)NC(C)(C)C)n1. The van der Waals surface area contributed by atoms with Crippen LogP contribution in [0.2, 0.25) is 0 Å². The Balaban J connectivity index is 2.46. The Kier molecular flexibility index (Phi) is 5.29. The summed E-state index contributed by atoms with van der Waals surface area (Å²) < 4.78 is 9.82. The summed E-state index contributed by atoms with van der Waals surface area (Å²) in [5.41, 5.74) is -0.113. The molecular formula is C12H18N2O4S. The second-order valence-electron chi connectivity index (χ2n) is 4.80. The van der Waals surface area contributed by atoms with Crippen LogP contribution in [0.1, 0.15) is 43.2 Å². The maximum atomic E-state index is 11.4. The minimum atomic E-state index is -0.514. The molecule has 0 aromatic carbocycles. The largest absolute Gasteiger partial charge is 0.461 e. The second-order valence-corrected chi connectivity index (χ2v) is 5.74. The van der Waals surface area contributed by atoms with Gasteiger partial charge in [0.15, 0.2) is 5.69 Å². The molecular weight excluding hydrogens is 268 g/mol. The highest BCUT2D eigenvalue weighted by Crippen LogP contribution is 2.12. The van der Waals surface area contributed by atoms with Crippen LogP contribution in [-0.2, 0) is 16.1 Å². The predicted molar refractivity (Wildman–Crippen MR) is 71.1 cm³/mol. The predicted octanol–water partition coefficient (Wildman–Crippen LogP) is 2.34. The first-order valence-electron chi connectivity index (χ1n) is 5.88. The van der Waals surface area contributed by atoms with Crippen molar-refractivity contribution >= 4 is 23.4 Å². The average molecular weight is 286 g/mol. The molecule has 106 valence electrons. The van der Waals surface area contributed by atoms with Gasteiger partial charge in [-0.25, -0.2) is 14.6 Å². The number of esters is 1. The third-order valence-corrected chi connectivity index (χ3v) is 2.66. The molecule has 0 aliphatic carbocycles. The Morgan fingerprint density at radius 1 is 1.37 bits per heavy atom. The average Bonchev–Trinajstić information content (AvgIpc) is 2.73. The zero-order valence-electron chi connectivity index (χ0n) is 11.5. The van der Waals surface area contributed by atoms with Crippen molar-refractivity contribution in [1.82, 2.24) is 10.3 Å². The number of nitrogens with zero attached hydrogens (tertiary/aromatic N) is 1. The number of alkyl carbamates (subject to hydrolysis) is 1. The third kappa shape index (κ3) is 5.69. The molecule has 0 radical (unpaired) electrons. The fourth-order valence-electron chi connectivity index (χ4n) is 1.15. The maximum absolute atomic E-state index is 11.4. The number of carbonyl (C=O) groups is 2. The van der Waals surface area contributed by atoms with E-state index in [0.29, 0.717) is 11.6 Å². The van der Waals surface area contributed by atoms with E-state index in [9.17, 15) is 9.59 Å². The summed E-state index contributed by atoms with van der Waals surface area (Å²) in [5.74, 6) is -0.468. The van der Waals surface area contributed by atoms with Gasteiger partial charge in [-0.1, -0.05) is 0 Å². The van der Waals surface area contributed by atoms with E-state index in [-0.39, 0.29) is 17.8 Å². The highest BCUT2D eigenvalue weighted by molar-refractivity contribution is 7.09. The summed E-state index contributed by atoms with van der Waals surface area (Å²) in [6, 6.07) is 0. The monoisotopic (exact) mass is 286 g/mol. The van der Waals surface area contributed by atoms with Crippen molar-refractivity contribution in [1.29, 1.82) is 0 Å². The van der Waals surface area contributed by atoms with Crippen LogP contribution < -0.4 is 5.32 Å². The van der Waals surface area contributed by atoms with Crippen molar-refractivity contribution in [3.8, 4) is 0 Å². The summed E-state index contributed by atoms with van der Waals surface area (Å²) in [6.07, 6.45) is -0.514. The van der Waals surface area contributed by atoms with Gasteiger partial charge in [-0.15, -0.1) is 11.3 Å². The summed E-state index contributed by atoms with van der Waals surface area (Å²) in [7, 11) is 0. The molecule has 1 N–H and O–H groups in total. The molecule has 1 aromatic rings. The molecule has 19 heavy (non-hydrogen) atoms. The van der Waals surface area contributed by atoms with Crippen molar-refractivity contribution in [3.05, 3.63) is 16.1 Å². The number of nitrogens with one attached hydrogen (secondary N) is 1. The molecule has 1 rings (SSSR count). The first-order valence-corrected chi connectivity index (χ1v) is 6.76. The molecule has 0 atom stereocenters. The summed E-state index contributed by atoms with van der Waals surface area (Å²) in [4.78, 5) is 26.8. The Hall–Kier alpha value is -1.63. The molecule has 0 saturated heterocycles. The van der Waals surface area contributed by atoms with Crippen LogP contribution >= 0.6 is 11.3 Å². The van der Waals surface area contributed by atoms with Gasteiger partial charge >= 0.3 is 12.1 Å². The van der Waals surface area contributed by atoms with Crippen molar-refractivity contribution in [2.24, 2.45) is 0 Å². The molecule has 7 heteroatoms. The smallest absolute Gasteiger partial charge is 0.407 e. The molecule has 0 fully saturated rings. The van der Waals surface area contributed by atoms with Gasteiger partial charge in [0.05, 0.1) is 6.61 Å². The molecule has 6 nitrogen and oxygen atoms in total. The highest BCUT2D eigenvalue weighted by Gasteiger charge is 2.16. The molecule has 0 aliphatic rings. The van der Waals surface area contributed by atoms with Gasteiger partial charge in [-0.2, -0.15) is 0 Å². The maximum Gasteiger partial charge on any atom is 0.407 e. The fourth-order valence-corrected chi connectivity index (χ4v) is 1.82. The zero-order chi connectivity index (χ0) is 14.5. The number of thiazole rings is 1. The standard InChI is InChI=1S/C12H18N2O4S/c1-5-17-10(15)8-7-19-9(13-8)6-18-11(16)14-12(2,3)4/h7H,5-6H2,1-4H3,(H,14,16). The number of hydrogen-bond donors (Lipinski definition) is 1. The topological polar surface area (TPSA) is 77.5 Å². The molecule has 1 amide bonds. The molecule has 0 unspecified atom stereocenters. The molecule has 1 aromatic heterocycles. The molecule has 0 spiro atoms. The van der Waals surface area contributed by atoms with E-state index in [0.717, 1.165) is 0 Å². The molecule has 0 bridgehead atoms. The zero-order valence-corrected chi connectivity index (χ0v) is 12.3. The second kappa shape index (κ2) is 6.51. The fraction of sp³-hybridized carbons (Fsp3) is 0.583. The Morgan fingerprint density at radius 2 is 2.05 bits per heavy atom. The van der Waals surface area contributed by atoms with Gasteiger partial charge in [0.2, 0.25) is 0 Å². The van der Waals surface area contributed by atoms with Crippen molar-refractivity contribution in [2.45, 2.75) is 39.8 Å². The number of carbonyl (C=O) groups excluding carboxylic acids is 2. The Labute approximate surface area is 116 Å². The van der Waals surface area contributed by atoms with Crippen LogP contribution in [0.3, 0.4) is 0 Å². The Morgan fingerprint density at radius 3 is 2.63 bits per heavy atom. The van der Waals surface area contributed by atoms with E-state index in [1.54, 1.807) is 12.3 Å². The summed E-state index contributed by atoms with van der Waals surface area (Å²) in [5, 5.41) is 4.79. The summed E-state index contributed by atoms with van der Waals surface area (Å²) in [6.45, 7) is 7.64. The molecule has 1 heterocycles. The first-order chi connectivity index (χ1) is 8.81. The Bertz CT molecular complexity index is 451. The number of amides is 1. The lowest BCUT2D eigenvalue weighted by molar-refractivity contribution is 0.0520. The van der Waals surface area contributed by atoms with E-state index >= 15 is 0 Å². The van der Waals surface area contributed by atoms with E-state index in [1.165, 1.54) is 11.3 Å². The number of rotatable bonds is 4. The lowest BCUT2D eigenvalue weighted by Crippen LogP contribution is -2.40. The van der Waals surface area contributed by atoms with E-state index in [4.69, 9.17) is 9.47 Å². The van der Waals surface area contributed by atoms with Gasteiger partial charge in [0.1, 0.15) is 11.6 Å². The molecule has 0 saturated carbocycles. The number of ether oxygens (including phenoxy) is 2. The van der Waals surface area contributed by atoms with Gasteiger partial charge in [-0.05, 0) is 27.7 Å². The van der Waals surface area contributed by atoms with Crippen molar-refractivity contribution in [2.75, 3.05) is 6.61 Å². The van der Waals surface area contributed by atoms with Gasteiger partial charge < -0.3 is 14.8 Å². The van der Waals surface area contributed by atoms with Crippen LogP contribution in [0.15, 0.2) is 5.38 Å². The number of hydrogen-bond acceptors (Lipinski definition) is 6. The molecule has 0 aliphatic heterocycles. The van der Waals surface area contributed by atoms with Gasteiger partial charge in [-0.3, -0.25) is 0 Å². The van der Waals surface area contributed by atoms with Crippen LogP contribution in [0.4, 0.5) is 4.79 Å². The van der Waals surface area contributed by atoms with Crippen molar-refractivity contribution in [3.63, 3.8) is 0 Å². The van der Waals surface area contributed by atoms with Crippen LogP contribution in [0.5, 0.6) is 0 Å².